The molecule has 24 heavy (non-hydrogen) atoms. The lowest BCUT2D eigenvalue weighted by atomic mass is 9.96. The fourth-order valence-corrected chi connectivity index (χ4v) is 3.17. The molecule has 2 aliphatic heterocycles. The van der Waals surface area contributed by atoms with Crippen LogP contribution in [0.3, 0.4) is 0 Å². The van der Waals surface area contributed by atoms with Gasteiger partial charge in [-0.3, -0.25) is 4.79 Å². The Balaban J connectivity index is 1.57. The van der Waals surface area contributed by atoms with Gasteiger partial charge in [0.05, 0.1) is 19.3 Å². The number of aryl methyl sites for hydroxylation is 1. The van der Waals surface area contributed by atoms with Crippen molar-refractivity contribution in [2.24, 2.45) is 0 Å². The highest BCUT2D eigenvalue weighted by molar-refractivity contribution is 5.76. The van der Waals surface area contributed by atoms with E-state index >= 15 is 0 Å². The van der Waals surface area contributed by atoms with Crippen LogP contribution in [0.15, 0.2) is 4.52 Å². The molecule has 1 aromatic heterocycles. The Morgan fingerprint density at radius 1 is 1.25 bits per heavy atom. The second kappa shape index (κ2) is 7.19. The van der Waals surface area contributed by atoms with Gasteiger partial charge in [-0.05, 0) is 19.3 Å². The minimum atomic E-state index is -0.273. The zero-order valence-electron chi connectivity index (χ0n) is 14.8. The van der Waals surface area contributed by atoms with E-state index in [2.05, 4.69) is 10.1 Å². The summed E-state index contributed by atoms with van der Waals surface area (Å²) in [5.74, 6) is 1.30. The molecule has 1 unspecified atom stereocenters. The first-order valence-electron chi connectivity index (χ1n) is 8.81. The first kappa shape index (κ1) is 17.4. The average Bonchev–Trinajstić information content (AvgIpc) is 3.23. The summed E-state index contributed by atoms with van der Waals surface area (Å²) in [6.45, 7) is 8.09. The third-order valence-electron chi connectivity index (χ3n) is 4.52. The molecule has 2 saturated heterocycles. The average molecular weight is 337 g/mol. The molecular formula is C17H27N3O4. The topological polar surface area (TPSA) is 77.7 Å². The number of likely N-dealkylation sites (tertiary alicyclic amines) is 1. The van der Waals surface area contributed by atoms with Gasteiger partial charge in [0.1, 0.15) is 0 Å². The van der Waals surface area contributed by atoms with E-state index < -0.39 is 0 Å². The Kier molecular flexibility index (Phi) is 5.20. The normalized spacial score (nSPS) is 23.0. The van der Waals surface area contributed by atoms with Gasteiger partial charge < -0.3 is 18.9 Å². The van der Waals surface area contributed by atoms with Crippen molar-refractivity contribution in [3.8, 4) is 0 Å². The summed E-state index contributed by atoms with van der Waals surface area (Å²) >= 11 is 0. The van der Waals surface area contributed by atoms with Crippen molar-refractivity contribution < 1.29 is 18.8 Å². The Morgan fingerprint density at radius 3 is 2.67 bits per heavy atom. The van der Waals surface area contributed by atoms with Gasteiger partial charge in [0.25, 0.3) is 0 Å². The van der Waals surface area contributed by atoms with Gasteiger partial charge in [0.2, 0.25) is 11.8 Å². The van der Waals surface area contributed by atoms with Crippen LogP contribution >= 0.6 is 0 Å². The molecule has 0 bridgehead atoms. The van der Waals surface area contributed by atoms with E-state index in [-0.39, 0.29) is 23.7 Å². The Morgan fingerprint density at radius 2 is 2.00 bits per heavy atom. The van der Waals surface area contributed by atoms with Gasteiger partial charge in [-0.25, -0.2) is 0 Å². The number of ether oxygens (including phenoxy) is 2. The summed E-state index contributed by atoms with van der Waals surface area (Å²) in [4.78, 5) is 19.0. The van der Waals surface area contributed by atoms with E-state index in [1.165, 1.54) is 0 Å². The first-order chi connectivity index (χ1) is 11.4. The summed E-state index contributed by atoms with van der Waals surface area (Å²) < 4.78 is 16.5. The third-order valence-corrected chi connectivity index (χ3v) is 4.52. The molecule has 2 fully saturated rings. The molecule has 0 radical (unpaired) electrons. The van der Waals surface area contributed by atoms with Crippen molar-refractivity contribution in [3.05, 3.63) is 11.7 Å². The Bertz CT molecular complexity index is 560. The van der Waals surface area contributed by atoms with Gasteiger partial charge in [0, 0.05) is 24.8 Å². The van der Waals surface area contributed by atoms with Crippen molar-refractivity contribution in [1.29, 1.82) is 0 Å². The number of aromatic nitrogens is 2. The summed E-state index contributed by atoms with van der Waals surface area (Å²) in [7, 11) is 0. The molecule has 134 valence electrons. The van der Waals surface area contributed by atoms with Crippen molar-refractivity contribution >= 4 is 5.91 Å². The number of carbonyl (C=O) groups excluding carboxylic acids is 1. The van der Waals surface area contributed by atoms with E-state index in [9.17, 15) is 4.79 Å². The zero-order chi connectivity index (χ0) is 17.2. The summed E-state index contributed by atoms with van der Waals surface area (Å²) in [5, 5.41) is 4.00. The minimum absolute atomic E-state index is 0.0292. The first-order valence-corrected chi connectivity index (χ1v) is 8.81. The molecule has 2 aliphatic rings. The smallest absolute Gasteiger partial charge is 0.227 e. The van der Waals surface area contributed by atoms with Crippen LogP contribution in [0, 0.1) is 0 Å². The molecule has 7 heteroatoms. The standard InChI is InChI=1S/C17H27N3O4/c1-17(2,3)16-18-13(24-19-16)7-8-14(21)20-9-5-4-6-12(20)15-22-10-11-23-15/h12,15H,4-11H2,1-3H3. The molecule has 1 amide bonds. The highest BCUT2D eigenvalue weighted by Gasteiger charge is 2.36. The molecule has 3 heterocycles. The summed E-state index contributed by atoms with van der Waals surface area (Å²) in [6.07, 6.45) is 3.64. The summed E-state index contributed by atoms with van der Waals surface area (Å²) in [6, 6.07) is 0.0292. The van der Waals surface area contributed by atoms with E-state index in [1.807, 2.05) is 25.7 Å². The zero-order valence-corrected chi connectivity index (χ0v) is 14.8. The summed E-state index contributed by atoms with van der Waals surface area (Å²) in [5.41, 5.74) is -0.152. The van der Waals surface area contributed by atoms with E-state index in [0.29, 0.717) is 37.8 Å². The third kappa shape index (κ3) is 3.95. The maximum atomic E-state index is 12.7. The number of carbonyl (C=O) groups is 1. The molecule has 0 spiro atoms. The fourth-order valence-electron chi connectivity index (χ4n) is 3.17. The van der Waals surface area contributed by atoms with Crippen LogP contribution < -0.4 is 0 Å². The van der Waals surface area contributed by atoms with Crippen molar-refractivity contribution in [2.75, 3.05) is 19.8 Å². The Hall–Kier alpha value is -1.47. The molecule has 7 nitrogen and oxygen atoms in total. The second-order valence-electron chi connectivity index (χ2n) is 7.52. The molecule has 0 aliphatic carbocycles. The lowest BCUT2D eigenvalue weighted by Gasteiger charge is -2.38. The van der Waals surface area contributed by atoms with Gasteiger partial charge in [-0.15, -0.1) is 0 Å². The molecular weight excluding hydrogens is 310 g/mol. The minimum Gasteiger partial charge on any atom is -0.348 e. The predicted molar refractivity (Wildman–Crippen MR) is 86.4 cm³/mol. The molecule has 0 N–H and O–H groups in total. The van der Waals surface area contributed by atoms with Crippen LogP contribution in [-0.2, 0) is 26.1 Å². The van der Waals surface area contributed by atoms with Crippen molar-refractivity contribution in [2.45, 2.75) is 70.6 Å². The SMILES string of the molecule is CC(C)(C)c1noc(CCC(=O)N2CCCCC2C2OCCO2)n1. The molecule has 1 atom stereocenters. The van der Waals surface area contributed by atoms with E-state index in [1.54, 1.807) is 0 Å². The predicted octanol–water partition coefficient (Wildman–Crippen LogP) is 2.05. The lowest BCUT2D eigenvalue weighted by molar-refractivity contribution is -0.150. The van der Waals surface area contributed by atoms with Crippen LogP contribution in [0.25, 0.3) is 0 Å². The largest absolute Gasteiger partial charge is 0.348 e. The van der Waals surface area contributed by atoms with Crippen molar-refractivity contribution in [1.82, 2.24) is 15.0 Å². The van der Waals surface area contributed by atoms with Gasteiger partial charge in [0.15, 0.2) is 12.1 Å². The fraction of sp³-hybridized carbons (Fsp3) is 0.824. The molecule has 0 saturated carbocycles. The van der Waals surface area contributed by atoms with Gasteiger partial charge >= 0.3 is 0 Å². The maximum Gasteiger partial charge on any atom is 0.227 e. The van der Waals surface area contributed by atoms with Crippen LogP contribution in [0.4, 0.5) is 0 Å². The number of amides is 1. The van der Waals surface area contributed by atoms with Crippen LogP contribution in [-0.4, -0.2) is 53.0 Å². The highest BCUT2D eigenvalue weighted by Crippen LogP contribution is 2.25. The number of hydrogen-bond acceptors (Lipinski definition) is 6. The number of rotatable bonds is 4. The van der Waals surface area contributed by atoms with Crippen LogP contribution in [0.2, 0.25) is 0 Å². The van der Waals surface area contributed by atoms with E-state index in [0.717, 1.165) is 25.8 Å². The quantitative estimate of drug-likeness (QED) is 0.837. The van der Waals surface area contributed by atoms with Gasteiger partial charge in [-0.1, -0.05) is 25.9 Å². The number of hydrogen-bond donors (Lipinski definition) is 0. The molecule has 1 aromatic rings. The second-order valence-corrected chi connectivity index (χ2v) is 7.52. The molecule has 3 rings (SSSR count). The van der Waals surface area contributed by atoms with Crippen LogP contribution in [0.1, 0.15) is 58.2 Å². The number of piperidine rings is 1. The monoisotopic (exact) mass is 337 g/mol. The van der Waals surface area contributed by atoms with E-state index in [4.69, 9.17) is 14.0 Å². The Labute approximate surface area is 142 Å². The van der Waals surface area contributed by atoms with Crippen molar-refractivity contribution in [3.63, 3.8) is 0 Å². The lowest BCUT2D eigenvalue weighted by Crippen LogP contribution is -2.50. The van der Waals surface area contributed by atoms with Gasteiger partial charge in [-0.2, -0.15) is 4.98 Å². The van der Waals surface area contributed by atoms with Crippen LogP contribution in [0.5, 0.6) is 0 Å². The molecule has 0 aromatic carbocycles. The maximum absolute atomic E-state index is 12.7. The number of nitrogens with zero attached hydrogens (tertiary/aromatic N) is 3. The highest BCUT2D eigenvalue weighted by atomic mass is 16.7.